The molecule has 0 aromatic heterocycles. The summed E-state index contributed by atoms with van der Waals surface area (Å²) in [4.78, 5) is 2.24. The number of benzene rings is 2. The first-order chi connectivity index (χ1) is 14.7. The molecular formula is C28H36NP. The summed E-state index contributed by atoms with van der Waals surface area (Å²) in [5.41, 5.74) is 6.11. The van der Waals surface area contributed by atoms with Crippen molar-refractivity contribution in [3.63, 3.8) is 0 Å². The Bertz CT molecular complexity index is 875. The largest absolute Gasteiger partial charge is 0.377 e. The van der Waals surface area contributed by atoms with E-state index in [9.17, 15) is 0 Å². The second-order valence-corrected chi connectivity index (χ2v) is 13.5. The molecule has 0 amide bonds. The minimum Gasteiger partial charge on any atom is -0.377 e. The van der Waals surface area contributed by atoms with E-state index in [2.05, 4.69) is 67.5 Å². The van der Waals surface area contributed by atoms with Gasteiger partial charge < -0.3 is 4.90 Å². The Balaban J connectivity index is 1.34. The van der Waals surface area contributed by atoms with Crippen molar-refractivity contribution in [3.05, 3.63) is 48.5 Å². The van der Waals surface area contributed by atoms with E-state index in [4.69, 9.17) is 0 Å². The Labute approximate surface area is 184 Å². The monoisotopic (exact) mass is 417 g/mol. The van der Waals surface area contributed by atoms with E-state index in [1.54, 1.807) is 31.0 Å². The van der Waals surface area contributed by atoms with Crippen LogP contribution >= 0.6 is 7.92 Å². The summed E-state index contributed by atoms with van der Waals surface area (Å²) in [5, 5.41) is 1.73. The molecule has 2 aromatic carbocycles. The van der Waals surface area contributed by atoms with Crippen LogP contribution in [0.3, 0.4) is 0 Å². The van der Waals surface area contributed by atoms with Crippen LogP contribution in [0.2, 0.25) is 0 Å². The summed E-state index contributed by atoms with van der Waals surface area (Å²) < 4.78 is 0. The Hall–Kier alpha value is -1.33. The van der Waals surface area contributed by atoms with Crippen LogP contribution < -0.4 is 10.2 Å². The number of nitrogens with zero attached hydrogens (tertiary/aromatic N) is 1. The second kappa shape index (κ2) is 7.67. The van der Waals surface area contributed by atoms with Crippen LogP contribution in [-0.4, -0.2) is 25.4 Å². The van der Waals surface area contributed by atoms with Gasteiger partial charge in [0.25, 0.3) is 0 Å². The zero-order chi connectivity index (χ0) is 20.2. The summed E-state index contributed by atoms with van der Waals surface area (Å²) in [5.74, 6) is 4.23. The first-order valence-electron chi connectivity index (χ1n) is 12.3. The van der Waals surface area contributed by atoms with Crippen molar-refractivity contribution in [2.75, 3.05) is 19.0 Å². The lowest BCUT2D eigenvalue weighted by Crippen LogP contribution is -2.29. The van der Waals surface area contributed by atoms with E-state index < -0.39 is 0 Å². The lowest BCUT2D eigenvalue weighted by atomic mass is 9.99. The van der Waals surface area contributed by atoms with Gasteiger partial charge in [0.2, 0.25) is 0 Å². The Kier molecular flexibility index (Phi) is 4.95. The Morgan fingerprint density at radius 3 is 1.80 bits per heavy atom. The quantitative estimate of drug-likeness (QED) is 0.478. The number of anilines is 1. The van der Waals surface area contributed by atoms with Gasteiger partial charge in [-0.15, -0.1) is 0 Å². The normalized spacial score (nSPS) is 35.1. The molecular weight excluding hydrogens is 381 g/mol. The molecule has 0 aliphatic heterocycles. The topological polar surface area (TPSA) is 3.24 Å². The molecule has 4 saturated carbocycles. The predicted molar refractivity (Wildman–Crippen MR) is 131 cm³/mol. The summed E-state index contributed by atoms with van der Waals surface area (Å²) in [6.07, 6.45) is 12.3. The van der Waals surface area contributed by atoms with Crippen LogP contribution in [0, 0.1) is 23.7 Å². The number of hydrogen-bond donors (Lipinski definition) is 0. The van der Waals surface area contributed by atoms with Crippen LogP contribution in [0.4, 0.5) is 5.69 Å². The zero-order valence-corrected chi connectivity index (χ0v) is 19.5. The van der Waals surface area contributed by atoms with Crippen molar-refractivity contribution in [2.24, 2.45) is 23.7 Å². The third-order valence-corrected chi connectivity index (χ3v) is 12.6. The van der Waals surface area contributed by atoms with Crippen molar-refractivity contribution in [1.29, 1.82) is 0 Å². The standard InChI is InChI=1S/C28H36NP/c1-29(2)26-6-4-3-5-25(26)21-11-13-24(14-12-21)30(27-17-19-7-9-22(27)15-19)28-18-20-8-10-23(28)16-20/h3-6,11-14,19-20,22-23,27-28H,7-10,15-18H2,1-2H3/t19?,20?,22-,23?,27?,28?,30?/m0/s1. The molecule has 0 N–H and O–H groups in total. The molecule has 4 bridgehead atoms. The van der Waals surface area contributed by atoms with E-state index in [0.717, 1.165) is 35.0 Å². The second-order valence-electron chi connectivity index (χ2n) is 10.9. The molecule has 4 aliphatic carbocycles. The minimum absolute atomic E-state index is 0.000717. The highest BCUT2D eigenvalue weighted by Crippen LogP contribution is 2.66. The summed E-state index contributed by atoms with van der Waals surface area (Å²) >= 11 is 0. The summed E-state index contributed by atoms with van der Waals surface area (Å²) in [6.45, 7) is 0. The van der Waals surface area contributed by atoms with Gasteiger partial charge >= 0.3 is 0 Å². The van der Waals surface area contributed by atoms with E-state index in [0.29, 0.717) is 0 Å². The Morgan fingerprint density at radius 1 is 0.700 bits per heavy atom. The smallest absolute Gasteiger partial charge is 0.0440 e. The molecule has 0 spiro atoms. The third-order valence-electron chi connectivity index (χ3n) is 8.98. The highest BCUT2D eigenvalue weighted by Gasteiger charge is 2.50. The fourth-order valence-corrected chi connectivity index (χ4v) is 11.9. The summed E-state index contributed by atoms with van der Waals surface area (Å²) in [6, 6.07) is 18.8. The highest BCUT2D eigenvalue weighted by molar-refractivity contribution is 7.67. The molecule has 2 heteroatoms. The molecule has 6 unspecified atom stereocenters. The number of rotatable bonds is 5. The van der Waals surface area contributed by atoms with Gasteiger partial charge in [-0.3, -0.25) is 0 Å². The molecule has 0 saturated heterocycles. The van der Waals surface area contributed by atoms with Gasteiger partial charge in [-0.2, -0.15) is 0 Å². The van der Waals surface area contributed by atoms with Gasteiger partial charge in [-0.05, 0) is 90.4 Å². The molecule has 4 aliphatic rings. The first kappa shape index (κ1) is 19.4. The molecule has 6 rings (SSSR count). The number of hydrogen-bond acceptors (Lipinski definition) is 1. The van der Waals surface area contributed by atoms with Gasteiger partial charge in [-0.1, -0.05) is 63.2 Å². The first-order valence-corrected chi connectivity index (χ1v) is 13.8. The van der Waals surface area contributed by atoms with Crippen LogP contribution in [0.5, 0.6) is 0 Å². The molecule has 4 fully saturated rings. The van der Waals surface area contributed by atoms with Gasteiger partial charge in [0, 0.05) is 25.3 Å². The maximum absolute atomic E-state index is 2.55. The van der Waals surface area contributed by atoms with Crippen LogP contribution in [0.25, 0.3) is 11.1 Å². The zero-order valence-electron chi connectivity index (χ0n) is 18.6. The molecule has 0 heterocycles. The molecule has 158 valence electrons. The molecule has 1 nitrogen and oxygen atoms in total. The fraction of sp³-hybridized carbons (Fsp3) is 0.571. The predicted octanol–water partition coefficient (Wildman–Crippen LogP) is 6.90. The van der Waals surface area contributed by atoms with Gasteiger partial charge in [-0.25, -0.2) is 0 Å². The van der Waals surface area contributed by atoms with E-state index in [1.165, 1.54) is 42.5 Å². The van der Waals surface area contributed by atoms with E-state index >= 15 is 0 Å². The van der Waals surface area contributed by atoms with Crippen LogP contribution in [-0.2, 0) is 0 Å². The number of para-hydroxylation sites is 1. The average molecular weight is 418 g/mol. The molecule has 7 atom stereocenters. The lowest BCUT2D eigenvalue weighted by molar-refractivity contribution is 0.463. The van der Waals surface area contributed by atoms with Crippen molar-refractivity contribution in [3.8, 4) is 11.1 Å². The van der Waals surface area contributed by atoms with Crippen molar-refractivity contribution < 1.29 is 0 Å². The van der Waals surface area contributed by atoms with Gasteiger partial charge in [0.15, 0.2) is 0 Å². The third kappa shape index (κ3) is 3.24. The van der Waals surface area contributed by atoms with Crippen LogP contribution in [0.1, 0.15) is 51.4 Å². The van der Waals surface area contributed by atoms with Crippen molar-refractivity contribution in [1.82, 2.24) is 0 Å². The average Bonchev–Trinajstić information content (AvgIpc) is 3.57. The van der Waals surface area contributed by atoms with Gasteiger partial charge in [0.1, 0.15) is 0 Å². The van der Waals surface area contributed by atoms with E-state index in [-0.39, 0.29) is 7.92 Å². The van der Waals surface area contributed by atoms with Gasteiger partial charge in [0.05, 0.1) is 0 Å². The Morgan fingerprint density at radius 2 is 1.30 bits per heavy atom. The van der Waals surface area contributed by atoms with Crippen molar-refractivity contribution in [2.45, 2.75) is 62.7 Å². The molecule has 2 aromatic rings. The maximum atomic E-state index is 2.55. The molecule has 30 heavy (non-hydrogen) atoms. The molecule has 0 radical (unpaired) electrons. The minimum atomic E-state index is 0.000717. The number of fused-ring (bicyclic) bond motifs is 4. The van der Waals surface area contributed by atoms with Crippen LogP contribution in [0.15, 0.2) is 48.5 Å². The van der Waals surface area contributed by atoms with Crippen molar-refractivity contribution >= 4 is 18.9 Å². The van der Waals surface area contributed by atoms with E-state index in [1.807, 2.05) is 0 Å². The fourth-order valence-electron chi connectivity index (χ4n) is 7.65. The maximum Gasteiger partial charge on any atom is 0.0440 e. The lowest BCUT2D eigenvalue weighted by Gasteiger charge is -2.39. The highest BCUT2D eigenvalue weighted by atomic mass is 31.1. The summed E-state index contributed by atoms with van der Waals surface area (Å²) in [7, 11) is 4.30. The SMILES string of the molecule is CN(C)c1ccccc1-c1ccc(P(C2CC3CCC2C3)C2CC3CC[C@H]2C3)cc1.